The third kappa shape index (κ3) is 5.65. The molecular formula is C25H25NO2. The molecule has 3 heteroatoms. The number of Topliss-reactive ketones (excluding diaryl/α,β-unsaturated/α-hetero) is 1. The summed E-state index contributed by atoms with van der Waals surface area (Å²) < 4.78 is 0. The van der Waals surface area contributed by atoms with Gasteiger partial charge in [-0.2, -0.15) is 0 Å². The van der Waals surface area contributed by atoms with Gasteiger partial charge in [-0.05, 0) is 17.5 Å². The molecule has 0 fully saturated rings. The van der Waals surface area contributed by atoms with Crippen molar-refractivity contribution in [1.29, 1.82) is 0 Å². The third-order valence-corrected chi connectivity index (χ3v) is 4.83. The van der Waals surface area contributed by atoms with E-state index in [1.165, 1.54) is 11.1 Å². The quantitative estimate of drug-likeness (QED) is 0.539. The molecule has 0 aromatic heterocycles. The Morgan fingerprint density at radius 2 is 1.18 bits per heavy atom. The minimum atomic E-state index is -0.0795. The summed E-state index contributed by atoms with van der Waals surface area (Å²) in [5.41, 5.74) is 3.13. The minimum absolute atomic E-state index is 0.00203. The Balaban J connectivity index is 1.51. The number of benzene rings is 3. The lowest BCUT2D eigenvalue weighted by atomic mass is 9.88. The molecule has 0 aliphatic rings. The van der Waals surface area contributed by atoms with E-state index in [1.807, 2.05) is 54.6 Å². The van der Waals surface area contributed by atoms with Crippen molar-refractivity contribution in [3.63, 3.8) is 0 Å². The van der Waals surface area contributed by atoms with Gasteiger partial charge in [0.1, 0.15) is 0 Å². The molecule has 0 aliphatic carbocycles. The average molecular weight is 371 g/mol. The maximum atomic E-state index is 12.2. The minimum Gasteiger partial charge on any atom is -0.356 e. The number of hydrogen-bond acceptors (Lipinski definition) is 2. The summed E-state index contributed by atoms with van der Waals surface area (Å²) in [5.74, 6) is 0.153. The topological polar surface area (TPSA) is 46.2 Å². The van der Waals surface area contributed by atoms with Gasteiger partial charge < -0.3 is 5.32 Å². The summed E-state index contributed by atoms with van der Waals surface area (Å²) in [7, 11) is 0. The van der Waals surface area contributed by atoms with Gasteiger partial charge in [0, 0.05) is 30.9 Å². The maximum Gasteiger partial charge on any atom is 0.220 e. The second-order valence-electron chi connectivity index (χ2n) is 6.80. The first-order chi connectivity index (χ1) is 13.7. The highest BCUT2D eigenvalue weighted by atomic mass is 16.2. The molecule has 0 saturated carbocycles. The number of rotatable bonds is 9. The van der Waals surface area contributed by atoms with Gasteiger partial charge in [-0.1, -0.05) is 91.0 Å². The fourth-order valence-electron chi connectivity index (χ4n) is 3.34. The van der Waals surface area contributed by atoms with E-state index in [2.05, 4.69) is 29.6 Å². The SMILES string of the molecule is O=C(CCC(=O)c1ccccc1)NCCC(c1ccccc1)c1ccccc1. The highest BCUT2D eigenvalue weighted by Gasteiger charge is 2.14. The van der Waals surface area contributed by atoms with E-state index >= 15 is 0 Å². The second-order valence-corrected chi connectivity index (χ2v) is 6.80. The molecular weight excluding hydrogens is 346 g/mol. The number of carbonyl (C=O) groups excluding carboxylic acids is 2. The largest absolute Gasteiger partial charge is 0.356 e. The van der Waals surface area contributed by atoms with E-state index in [1.54, 1.807) is 12.1 Å². The lowest BCUT2D eigenvalue weighted by Gasteiger charge is -2.18. The Morgan fingerprint density at radius 1 is 0.679 bits per heavy atom. The Morgan fingerprint density at radius 3 is 1.71 bits per heavy atom. The third-order valence-electron chi connectivity index (χ3n) is 4.83. The van der Waals surface area contributed by atoms with E-state index in [0.29, 0.717) is 12.1 Å². The summed E-state index contributed by atoms with van der Waals surface area (Å²) in [5, 5.41) is 2.97. The smallest absolute Gasteiger partial charge is 0.220 e. The molecule has 3 aromatic rings. The van der Waals surface area contributed by atoms with Gasteiger partial charge in [0.25, 0.3) is 0 Å². The van der Waals surface area contributed by atoms with Gasteiger partial charge in [0.05, 0.1) is 0 Å². The van der Waals surface area contributed by atoms with Crippen LogP contribution in [-0.4, -0.2) is 18.2 Å². The van der Waals surface area contributed by atoms with Crippen molar-refractivity contribution in [3.05, 3.63) is 108 Å². The fraction of sp³-hybridized carbons (Fsp3) is 0.200. The molecule has 0 heterocycles. The van der Waals surface area contributed by atoms with Crippen molar-refractivity contribution < 1.29 is 9.59 Å². The van der Waals surface area contributed by atoms with E-state index in [4.69, 9.17) is 0 Å². The summed E-state index contributed by atoms with van der Waals surface area (Å²) in [6, 6.07) is 29.8. The van der Waals surface area contributed by atoms with Crippen LogP contribution in [0.1, 0.15) is 46.7 Å². The highest BCUT2D eigenvalue weighted by molar-refractivity contribution is 5.97. The van der Waals surface area contributed by atoms with E-state index in [0.717, 1.165) is 6.42 Å². The number of carbonyl (C=O) groups is 2. The number of amides is 1. The van der Waals surface area contributed by atoms with Crippen LogP contribution in [0.15, 0.2) is 91.0 Å². The molecule has 0 unspecified atom stereocenters. The van der Waals surface area contributed by atoms with Gasteiger partial charge in [-0.15, -0.1) is 0 Å². The zero-order valence-electron chi connectivity index (χ0n) is 15.9. The van der Waals surface area contributed by atoms with Crippen molar-refractivity contribution >= 4 is 11.7 Å². The Kier molecular flexibility index (Phi) is 7.14. The van der Waals surface area contributed by atoms with Crippen LogP contribution in [0.4, 0.5) is 0 Å². The molecule has 3 nitrogen and oxygen atoms in total. The van der Waals surface area contributed by atoms with Gasteiger partial charge in [-0.25, -0.2) is 0 Å². The normalized spacial score (nSPS) is 10.6. The average Bonchev–Trinajstić information content (AvgIpc) is 2.77. The molecule has 1 N–H and O–H groups in total. The molecule has 142 valence electrons. The predicted molar refractivity (Wildman–Crippen MR) is 112 cm³/mol. The molecule has 0 spiro atoms. The number of nitrogens with one attached hydrogen (secondary N) is 1. The first-order valence-electron chi connectivity index (χ1n) is 9.69. The van der Waals surface area contributed by atoms with Crippen LogP contribution >= 0.6 is 0 Å². The molecule has 0 atom stereocenters. The standard InChI is InChI=1S/C25H25NO2/c27-24(22-14-8-3-9-15-22)16-17-25(28)26-19-18-23(20-10-4-1-5-11-20)21-12-6-2-7-13-21/h1-15,23H,16-19H2,(H,26,28). The van der Waals surface area contributed by atoms with Crippen molar-refractivity contribution in [1.82, 2.24) is 5.32 Å². The molecule has 0 aliphatic heterocycles. The Hall–Kier alpha value is -3.20. The van der Waals surface area contributed by atoms with E-state index < -0.39 is 0 Å². The molecule has 0 saturated heterocycles. The number of hydrogen-bond donors (Lipinski definition) is 1. The van der Waals surface area contributed by atoms with Gasteiger partial charge in [0.2, 0.25) is 5.91 Å². The molecule has 3 aromatic carbocycles. The lowest BCUT2D eigenvalue weighted by Crippen LogP contribution is -2.26. The summed E-state index contributed by atoms with van der Waals surface area (Å²) >= 11 is 0. The lowest BCUT2D eigenvalue weighted by molar-refractivity contribution is -0.121. The van der Waals surface area contributed by atoms with Crippen LogP contribution in [0.3, 0.4) is 0 Å². The Bertz CT molecular complexity index is 837. The van der Waals surface area contributed by atoms with Crippen molar-refractivity contribution in [2.75, 3.05) is 6.54 Å². The Labute approximate surface area is 166 Å². The van der Waals surface area contributed by atoms with Crippen molar-refractivity contribution in [2.45, 2.75) is 25.2 Å². The van der Waals surface area contributed by atoms with E-state index in [9.17, 15) is 9.59 Å². The number of ketones is 1. The predicted octanol–water partition coefficient (Wildman–Crippen LogP) is 4.99. The van der Waals surface area contributed by atoms with Crippen LogP contribution in [0.25, 0.3) is 0 Å². The monoisotopic (exact) mass is 371 g/mol. The molecule has 3 rings (SSSR count). The van der Waals surface area contributed by atoms with Crippen LogP contribution in [-0.2, 0) is 4.79 Å². The van der Waals surface area contributed by atoms with Gasteiger partial charge in [-0.3, -0.25) is 9.59 Å². The molecule has 1 amide bonds. The molecule has 28 heavy (non-hydrogen) atoms. The summed E-state index contributed by atoms with van der Waals surface area (Å²) in [4.78, 5) is 24.3. The van der Waals surface area contributed by atoms with Gasteiger partial charge >= 0.3 is 0 Å². The van der Waals surface area contributed by atoms with Gasteiger partial charge in [0.15, 0.2) is 5.78 Å². The molecule has 0 bridgehead atoms. The van der Waals surface area contributed by atoms with Crippen LogP contribution in [0.2, 0.25) is 0 Å². The zero-order chi connectivity index (χ0) is 19.6. The molecule has 0 radical (unpaired) electrons. The van der Waals surface area contributed by atoms with Crippen molar-refractivity contribution in [2.24, 2.45) is 0 Å². The second kappa shape index (κ2) is 10.2. The summed E-state index contributed by atoms with van der Waals surface area (Å²) in [6.07, 6.45) is 1.26. The first kappa shape index (κ1) is 19.6. The summed E-state index contributed by atoms with van der Waals surface area (Å²) in [6.45, 7) is 0.576. The first-order valence-corrected chi connectivity index (χ1v) is 9.69. The van der Waals surface area contributed by atoms with Crippen molar-refractivity contribution in [3.8, 4) is 0 Å². The highest BCUT2D eigenvalue weighted by Crippen LogP contribution is 2.27. The zero-order valence-corrected chi connectivity index (χ0v) is 15.9. The van der Waals surface area contributed by atoms with Crippen LogP contribution < -0.4 is 5.32 Å². The van der Waals surface area contributed by atoms with E-state index in [-0.39, 0.29) is 30.4 Å². The maximum absolute atomic E-state index is 12.2. The fourth-order valence-corrected chi connectivity index (χ4v) is 3.34. The van der Waals surface area contributed by atoms with Crippen LogP contribution in [0.5, 0.6) is 0 Å². The van der Waals surface area contributed by atoms with Crippen LogP contribution in [0, 0.1) is 0 Å².